The maximum Gasteiger partial charge on any atom is 0.340 e. The number of ether oxygens (including phenoxy) is 2. The summed E-state index contributed by atoms with van der Waals surface area (Å²) >= 11 is 0. The Morgan fingerprint density at radius 2 is 1.31 bits per heavy atom. The van der Waals surface area contributed by atoms with Crippen LogP contribution in [-0.2, 0) is 6.42 Å². The number of aryl methyl sites for hydroxylation is 1. The number of carbonyl (C=O) groups is 2. The molecule has 6 heteroatoms. The molecule has 0 radical (unpaired) electrons. The number of amides is 1. The highest BCUT2D eigenvalue weighted by atomic mass is 16.5. The van der Waals surface area contributed by atoms with Crippen molar-refractivity contribution in [3.8, 4) is 11.5 Å². The van der Waals surface area contributed by atoms with Gasteiger partial charge in [0.2, 0.25) is 0 Å². The van der Waals surface area contributed by atoms with Crippen molar-refractivity contribution in [1.29, 1.82) is 0 Å². The molecule has 0 heterocycles. The number of unbranched alkanes of at least 4 members (excludes halogenated alkanes) is 9. The molecular weight excluding hydrogens is 490 g/mol. The molecular formula is C33H49NO5. The Balaban J connectivity index is 2.04. The molecule has 6 nitrogen and oxygen atoms in total. The van der Waals surface area contributed by atoms with E-state index in [1.165, 1.54) is 50.5 Å². The first kappa shape index (κ1) is 32.2. The summed E-state index contributed by atoms with van der Waals surface area (Å²) in [5.41, 5.74) is 1.25. The van der Waals surface area contributed by atoms with E-state index in [2.05, 4.69) is 19.1 Å². The van der Waals surface area contributed by atoms with Gasteiger partial charge in [-0.25, -0.2) is 4.79 Å². The molecule has 2 aromatic rings. The van der Waals surface area contributed by atoms with Gasteiger partial charge in [-0.1, -0.05) is 95.0 Å². The van der Waals surface area contributed by atoms with Crippen LogP contribution in [0.3, 0.4) is 0 Å². The number of aromatic carboxylic acids is 1. The number of benzene rings is 2. The molecule has 0 atom stereocenters. The van der Waals surface area contributed by atoms with Gasteiger partial charge in [-0.15, -0.1) is 0 Å². The average molecular weight is 540 g/mol. The zero-order valence-corrected chi connectivity index (χ0v) is 24.4. The molecule has 0 aliphatic rings. The molecule has 0 fully saturated rings. The molecule has 0 bridgehead atoms. The van der Waals surface area contributed by atoms with Gasteiger partial charge in [-0.3, -0.25) is 4.79 Å². The highest BCUT2D eigenvalue weighted by Gasteiger charge is 2.27. The normalized spacial score (nSPS) is 10.8. The second-order valence-corrected chi connectivity index (χ2v) is 10.1. The van der Waals surface area contributed by atoms with Crippen molar-refractivity contribution in [3.05, 3.63) is 59.2 Å². The third kappa shape index (κ3) is 11.3. The second kappa shape index (κ2) is 19.1. The second-order valence-electron chi connectivity index (χ2n) is 10.1. The van der Waals surface area contributed by atoms with Gasteiger partial charge in [0.1, 0.15) is 5.56 Å². The summed E-state index contributed by atoms with van der Waals surface area (Å²) < 4.78 is 12.1. The van der Waals surface area contributed by atoms with E-state index in [1.807, 2.05) is 32.0 Å². The van der Waals surface area contributed by atoms with Crippen LogP contribution in [0.4, 0.5) is 0 Å². The van der Waals surface area contributed by atoms with E-state index in [4.69, 9.17) is 9.47 Å². The van der Waals surface area contributed by atoms with Gasteiger partial charge in [0.05, 0.1) is 18.8 Å². The van der Waals surface area contributed by atoms with Crippen LogP contribution in [0.1, 0.15) is 118 Å². The molecule has 2 aromatic carbocycles. The summed E-state index contributed by atoms with van der Waals surface area (Å²) in [6.07, 6.45) is 13.7. The quantitative estimate of drug-likeness (QED) is 0.162. The Kier molecular flexibility index (Phi) is 15.8. The Morgan fingerprint density at radius 1 is 0.718 bits per heavy atom. The lowest BCUT2D eigenvalue weighted by molar-refractivity contribution is 0.0671. The maximum absolute atomic E-state index is 13.1. The minimum atomic E-state index is -1.18. The molecule has 39 heavy (non-hydrogen) atoms. The minimum Gasteiger partial charge on any atom is -0.490 e. The predicted octanol–water partition coefficient (Wildman–Crippen LogP) is 8.18. The van der Waals surface area contributed by atoms with Gasteiger partial charge in [-0.2, -0.15) is 0 Å². The SMILES string of the molecule is CCCCCCCCCCCCOc1c(OCCCc2ccccc2)ccc(C(=O)N(CC)CC)c1C(=O)O. The number of nitrogens with zero attached hydrogens (tertiary/aromatic N) is 1. The fraction of sp³-hybridized carbons (Fsp3) is 0.576. The highest BCUT2D eigenvalue weighted by Crippen LogP contribution is 2.35. The monoisotopic (exact) mass is 539 g/mol. The van der Waals surface area contributed by atoms with Gasteiger partial charge < -0.3 is 19.5 Å². The lowest BCUT2D eigenvalue weighted by Gasteiger charge is -2.22. The zero-order valence-electron chi connectivity index (χ0n) is 24.4. The fourth-order valence-electron chi connectivity index (χ4n) is 4.76. The van der Waals surface area contributed by atoms with E-state index >= 15 is 0 Å². The number of carboxylic acids is 1. The molecule has 0 saturated heterocycles. The lowest BCUT2D eigenvalue weighted by atomic mass is 10.0. The van der Waals surface area contributed by atoms with Crippen LogP contribution in [0.15, 0.2) is 42.5 Å². The third-order valence-corrected chi connectivity index (χ3v) is 7.07. The number of carboxylic acid groups (broad SMARTS) is 1. The summed E-state index contributed by atoms with van der Waals surface area (Å²) in [4.78, 5) is 27.2. The zero-order chi connectivity index (χ0) is 28.3. The molecule has 0 spiro atoms. The van der Waals surface area contributed by atoms with Crippen LogP contribution in [0.2, 0.25) is 0 Å². The molecule has 0 aromatic heterocycles. The first-order valence-electron chi connectivity index (χ1n) is 15.0. The van der Waals surface area contributed by atoms with Crippen LogP contribution in [0, 0.1) is 0 Å². The van der Waals surface area contributed by atoms with Crippen LogP contribution < -0.4 is 9.47 Å². The lowest BCUT2D eigenvalue weighted by Crippen LogP contribution is -2.32. The van der Waals surface area contributed by atoms with Gasteiger partial charge in [0.15, 0.2) is 11.5 Å². The van der Waals surface area contributed by atoms with Crippen molar-refractivity contribution in [2.24, 2.45) is 0 Å². The van der Waals surface area contributed by atoms with Crippen molar-refractivity contribution >= 4 is 11.9 Å². The molecule has 0 aliphatic heterocycles. The Labute approximate surface area is 235 Å². The molecule has 2 rings (SSSR count). The van der Waals surface area contributed by atoms with Crippen molar-refractivity contribution in [2.45, 2.75) is 97.8 Å². The molecule has 0 unspecified atom stereocenters. The summed E-state index contributed by atoms with van der Waals surface area (Å²) in [5, 5.41) is 10.1. The summed E-state index contributed by atoms with van der Waals surface area (Å²) in [7, 11) is 0. The van der Waals surface area contributed by atoms with Crippen molar-refractivity contribution in [1.82, 2.24) is 4.90 Å². The van der Waals surface area contributed by atoms with Crippen molar-refractivity contribution in [2.75, 3.05) is 26.3 Å². The predicted molar refractivity (Wildman–Crippen MR) is 158 cm³/mol. The number of rotatable bonds is 21. The Hall–Kier alpha value is -3.02. The smallest absolute Gasteiger partial charge is 0.340 e. The van der Waals surface area contributed by atoms with Crippen LogP contribution in [-0.4, -0.2) is 48.2 Å². The number of hydrogen-bond acceptors (Lipinski definition) is 4. The first-order chi connectivity index (χ1) is 19.0. The van der Waals surface area contributed by atoms with E-state index in [0.29, 0.717) is 32.1 Å². The van der Waals surface area contributed by atoms with E-state index in [-0.39, 0.29) is 22.8 Å². The molecule has 1 amide bonds. The third-order valence-electron chi connectivity index (χ3n) is 7.07. The van der Waals surface area contributed by atoms with Gasteiger partial charge in [0, 0.05) is 13.1 Å². The molecule has 0 aliphatic carbocycles. The molecule has 216 valence electrons. The topological polar surface area (TPSA) is 76.1 Å². The number of hydrogen-bond donors (Lipinski definition) is 1. The Morgan fingerprint density at radius 3 is 1.90 bits per heavy atom. The van der Waals surface area contributed by atoms with E-state index in [1.54, 1.807) is 17.0 Å². The minimum absolute atomic E-state index is 0.112. The van der Waals surface area contributed by atoms with Crippen molar-refractivity contribution in [3.63, 3.8) is 0 Å². The van der Waals surface area contributed by atoms with Gasteiger partial charge in [-0.05, 0) is 50.8 Å². The maximum atomic E-state index is 13.1. The number of carbonyl (C=O) groups excluding carboxylic acids is 1. The average Bonchev–Trinajstić information content (AvgIpc) is 2.95. The first-order valence-corrected chi connectivity index (χ1v) is 15.0. The molecule has 1 N–H and O–H groups in total. The fourth-order valence-corrected chi connectivity index (χ4v) is 4.76. The highest BCUT2D eigenvalue weighted by molar-refractivity contribution is 6.07. The van der Waals surface area contributed by atoms with Crippen LogP contribution in [0.25, 0.3) is 0 Å². The van der Waals surface area contributed by atoms with Crippen LogP contribution >= 0.6 is 0 Å². The Bertz CT molecular complexity index is 972. The van der Waals surface area contributed by atoms with Gasteiger partial charge >= 0.3 is 5.97 Å². The largest absolute Gasteiger partial charge is 0.490 e. The van der Waals surface area contributed by atoms with Gasteiger partial charge in [0.25, 0.3) is 5.91 Å². The summed E-state index contributed by atoms with van der Waals surface area (Å²) in [6.45, 7) is 7.82. The van der Waals surface area contributed by atoms with E-state index < -0.39 is 5.97 Å². The van der Waals surface area contributed by atoms with Crippen molar-refractivity contribution < 1.29 is 24.2 Å². The van der Waals surface area contributed by atoms with E-state index in [0.717, 1.165) is 32.1 Å². The molecule has 0 saturated carbocycles. The van der Waals surface area contributed by atoms with Crippen LogP contribution in [0.5, 0.6) is 11.5 Å². The standard InChI is InChI=1S/C33H49NO5/c1-4-7-8-9-10-11-12-13-14-18-25-39-31-29(38-26-19-22-27-20-16-15-17-21-27)24-23-28(30(31)33(36)37)32(35)34(5-2)6-3/h15-17,20-21,23-24H,4-14,18-19,22,25-26H2,1-3H3,(H,36,37). The van der Waals surface area contributed by atoms with E-state index in [9.17, 15) is 14.7 Å². The summed E-state index contributed by atoms with van der Waals surface area (Å²) in [5.74, 6) is -0.949. The summed E-state index contributed by atoms with van der Waals surface area (Å²) in [6, 6.07) is 13.4.